The fourth-order valence-corrected chi connectivity index (χ4v) is 1.94. The van der Waals surface area contributed by atoms with Gasteiger partial charge in [-0.2, -0.15) is 4.98 Å². The lowest BCUT2D eigenvalue weighted by Crippen LogP contribution is -2.38. The summed E-state index contributed by atoms with van der Waals surface area (Å²) in [4.78, 5) is 39.4. The van der Waals surface area contributed by atoms with Gasteiger partial charge in [-0.15, -0.1) is 0 Å². The Labute approximate surface area is 122 Å². The number of carbonyl (C=O) groups is 2. The van der Waals surface area contributed by atoms with E-state index in [4.69, 9.17) is 5.11 Å². The van der Waals surface area contributed by atoms with Crippen molar-refractivity contribution in [3.8, 4) is 0 Å². The van der Waals surface area contributed by atoms with E-state index in [9.17, 15) is 14.4 Å². The molecular weight excluding hydrogens is 276 g/mol. The number of nitrogens with zero attached hydrogens (tertiary/aromatic N) is 3. The van der Waals surface area contributed by atoms with Crippen LogP contribution in [0.1, 0.15) is 17.0 Å². The molecule has 21 heavy (non-hydrogen) atoms. The second-order valence-corrected chi connectivity index (χ2v) is 4.89. The number of rotatable bonds is 5. The number of hydrogen-bond acceptors (Lipinski definition) is 4. The lowest BCUT2D eigenvalue weighted by Gasteiger charge is -2.16. The maximum absolute atomic E-state index is 11.9. The van der Waals surface area contributed by atoms with E-state index in [1.54, 1.807) is 27.9 Å². The fraction of sp³-hybridized carbons (Fsp3) is 0.538. The first kappa shape index (κ1) is 16.7. The van der Waals surface area contributed by atoms with E-state index in [0.717, 1.165) is 0 Å². The third kappa shape index (κ3) is 4.30. The molecule has 0 aliphatic rings. The van der Waals surface area contributed by atoms with Gasteiger partial charge < -0.3 is 15.3 Å². The lowest BCUT2D eigenvalue weighted by atomic mass is 10.1. The average Bonchev–Trinajstić information content (AvgIpc) is 2.37. The highest BCUT2D eigenvalue weighted by atomic mass is 16.4. The number of urea groups is 1. The van der Waals surface area contributed by atoms with Crippen LogP contribution in [0.15, 0.2) is 4.79 Å². The van der Waals surface area contributed by atoms with Crippen LogP contribution in [0.25, 0.3) is 0 Å². The standard InChI is InChI=1S/C13H20N4O4/c1-8-10(7-11(18)19)9(2)17(13(21)15-8)6-5-14-12(20)16(3)4/h5-7H2,1-4H3,(H,14,20)(H,18,19). The summed E-state index contributed by atoms with van der Waals surface area (Å²) in [6, 6.07) is -0.258. The van der Waals surface area contributed by atoms with Gasteiger partial charge in [-0.25, -0.2) is 9.59 Å². The van der Waals surface area contributed by atoms with Crippen LogP contribution in [0, 0.1) is 13.8 Å². The first-order valence-corrected chi connectivity index (χ1v) is 6.48. The number of nitrogens with one attached hydrogen (secondary N) is 1. The van der Waals surface area contributed by atoms with Crippen LogP contribution in [-0.2, 0) is 17.8 Å². The van der Waals surface area contributed by atoms with E-state index in [1.165, 1.54) is 9.47 Å². The van der Waals surface area contributed by atoms with Gasteiger partial charge in [0.25, 0.3) is 0 Å². The van der Waals surface area contributed by atoms with Crippen molar-refractivity contribution in [1.82, 2.24) is 19.8 Å². The maximum Gasteiger partial charge on any atom is 0.348 e. The van der Waals surface area contributed by atoms with Crippen LogP contribution < -0.4 is 11.0 Å². The largest absolute Gasteiger partial charge is 0.481 e. The second-order valence-electron chi connectivity index (χ2n) is 4.89. The third-order valence-corrected chi connectivity index (χ3v) is 3.12. The first-order valence-electron chi connectivity index (χ1n) is 6.48. The van der Waals surface area contributed by atoms with Crippen LogP contribution in [0.5, 0.6) is 0 Å². The van der Waals surface area contributed by atoms with Crippen molar-refractivity contribution in [2.75, 3.05) is 20.6 Å². The molecule has 1 heterocycles. The molecule has 0 aliphatic heterocycles. The first-order chi connectivity index (χ1) is 9.73. The van der Waals surface area contributed by atoms with Crippen molar-refractivity contribution in [3.63, 3.8) is 0 Å². The Morgan fingerprint density at radius 3 is 2.48 bits per heavy atom. The zero-order valence-corrected chi connectivity index (χ0v) is 12.6. The Morgan fingerprint density at radius 2 is 1.95 bits per heavy atom. The van der Waals surface area contributed by atoms with Crippen LogP contribution >= 0.6 is 0 Å². The molecule has 0 aliphatic carbocycles. The van der Waals surface area contributed by atoms with Crippen molar-refractivity contribution in [1.29, 1.82) is 0 Å². The predicted molar refractivity (Wildman–Crippen MR) is 76.4 cm³/mol. The molecule has 1 rings (SSSR count). The molecule has 2 amide bonds. The number of carbonyl (C=O) groups excluding carboxylic acids is 1. The molecule has 0 bridgehead atoms. The minimum Gasteiger partial charge on any atom is -0.481 e. The highest BCUT2D eigenvalue weighted by Crippen LogP contribution is 2.10. The topological polar surface area (TPSA) is 105 Å². The van der Waals surface area contributed by atoms with Crippen LogP contribution in [-0.4, -0.2) is 52.2 Å². The molecule has 1 aromatic heterocycles. The molecule has 2 N–H and O–H groups in total. The minimum atomic E-state index is -0.978. The molecule has 0 fully saturated rings. The third-order valence-electron chi connectivity index (χ3n) is 3.12. The van der Waals surface area contributed by atoms with E-state index in [1.807, 2.05) is 0 Å². The summed E-state index contributed by atoms with van der Waals surface area (Å²) in [6.07, 6.45) is -0.186. The summed E-state index contributed by atoms with van der Waals surface area (Å²) in [5.41, 5.74) is 1.07. The Morgan fingerprint density at radius 1 is 1.33 bits per heavy atom. The molecule has 0 aromatic carbocycles. The van der Waals surface area contributed by atoms with E-state index >= 15 is 0 Å². The number of carboxylic acids is 1. The average molecular weight is 296 g/mol. The van der Waals surface area contributed by atoms with Crippen molar-refractivity contribution in [3.05, 3.63) is 27.4 Å². The molecular formula is C13H20N4O4. The summed E-state index contributed by atoms with van der Waals surface area (Å²) in [5.74, 6) is -0.978. The summed E-state index contributed by atoms with van der Waals surface area (Å²) >= 11 is 0. The molecule has 0 spiro atoms. The highest BCUT2D eigenvalue weighted by Gasteiger charge is 2.14. The number of aliphatic carboxylic acids is 1. The second kappa shape index (κ2) is 6.87. The van der Waals surface area contributed by atoms with Crippen molar-refractivity contribution in [2.24, 2.45) is 0 Å². The van der Waals surface area contributed by atoms with Crippen LogP contribution in [0.4, 0.5) is 4.79 Å². The fourth-order valence-electron chi connectivity index (χ4n) is 1.94. The molecule has 1 aromatic rings. The highest BCUT2D eigenvalue weighted by molar-refractivity contribution is 5.73. The Hall–Kier alpha value is -2.38. The van der Waals surface area contributed by atoms with Crippen LogP contribution in [0.3, 0.4) is 0 Å². The monoisotopic (exact) mass is 296 g/mol. The van der Waals surface area contributed by atoms with Gasteiger partial charge in [-0.05, 0) is 13.8 Å². The van der Waals surface area contributed by atoms with Gasteiger partial charge in [0, 0.05) is 44.1 Å². The molecule has 0 atom stereocenters. The van der Waals surface area contributed by atoms with E-state index in [2.05, 4.69) is 10.3 Å². The van der Waals surface area contributed by atoms with Crippen molar-refractivity contribution < 1.29 is 14.7 Å². The predicted octanol–water partition coefficient (Wildman–Crippen LogP) is -0.242. The SMILES string of the molecule is Cc1nc(=O)n(CCNC(=O)N(C)C)c(C)c1CC(=O)O. The van der Waals surface area contributed by atoms with Gasteiger partial charge in [0.05, 0.1) is 6.42 Å². The van der Waals surface area contributed by atoms with Gasteiger partial charge >= 0.3 is 17.7 Å². The molecule has 0 saturated heterocycles. The molecule has 0 saturated carbocycles. The molecule has 116 valence electrons. The van der Waals surface area contributed by atoms with E-state index in [0.29, 0.717) is 17.0 Å². The lowest BCUT2D eigenvalue weighted by molar-refractivity contribution is -0.136. The van der Waals surface area contributed by atoms with E-state index < -0.39 is 11.7 Å². The summed E-state index contributed by atoms with van der Waals surface area (Å²) in [6.45, 7) is 3.80. The number of aryl methyl sites for hydroxylation is 1. The van der Waals surface area contributed by atoms with E-state index in [-0.39, 0.29) is 25.5 Å². The Kier molecular flexibility index (Phi) is 5.45. The zero-order valence-electron chi connectivity index (χ0n) is 12.6. The molecule has 8 nitrogen and oxygen atoms in total. The molecule has 0 unspecified atom stereocenters. The number of hydrogen-bond donors (Lipinski definition) is 2. The summed E-state index contributed by atoms with van der Waals surface area (Å²) in [5, 5.41) is 11.6. The normalized spacial score (nSPS) is 10.3. The molecule has 0 radical (unpaired) electrons. The summed E-state index contributed by atoms with van der Waals surface area (Å²) < 4.78 is 1.38. The van der Waals surface area contributed by atoms with Gasteiger partial charge in [0.1, 0.15) is 0 Å². The number of carboxylic acid groups (broad SMARTS) is 1. The quantitative estimate of drug-likeness (QED) is 0.780. The van der Waals surface area contributed by atoms with Gasteiger partial charge in [-0.1, -0.05) is 0 Å². The maximum atomic E-state index is 11.9. The van der Waals surface area contributed by atoms with Gasteiger partial charge in [-0.3, -0.25) is 9.36 Å². The van der Waals surface area contributed by atoms with Crippen LogP contribution in [0.2, 0.25) is 0 Å². The Bertz CT molecular complexity index is 607. The number of aromatic nitrogens is 2. The van der Waals surface area contributed by atoms with Gasteiger partial charge in [0.2, 0.25) is 0 Å². The Balaban J connectivity index is 2.94. The van der Waals surface area contributed by atoms with Crippen molar-refractivity contribution in [2.45, 2.75) is 26.8 Å². The zero-order chi connectivity index (χ0) is 16.2. The minimum absolute atomic E-state index is 0.186. The number of amides is 2. The van der Waals surface area contributed by atoms with Crippen molar-refractivity contribution >= 4 is 12.0 Å². The summed E-state index contributed by atoms with van der Waals surface area (Å²) in [7, 11) is 3.23. The molecule has 8 heteroatoms. The smallest absolute Gasteiger partial charge is 0.348 e. The van der Waals surface area contributed by atoms with Gasteiger partial charge in [0.15, 0.2) is 0 Å².